The van der Waals surface area contributed by atoms with Gasteiger partial charge in [0.25, 0.3) is 5.56 Å². The number of aromatic amines is 1. The molecule has 2 saturated carbocycles. The molecule has 8 nitrogen and oxygen atoms in total. The van der Waals surface area contributed by atoms with Gasteiger partial charge in [-0.15, -0.1) is 0 Å². The van der Waals surface area contributed by atoms with Crippen LogP contribution < -0.4 is 11.2 Å². The number of nitrogens with zero attached hydrogens (tertiary/aromatic N) is 4. The molecule has 2 atom stereocenters. The van der Waals surface area contributed by atoms with E-state index in [1.165, 1.54) is 30.3 Å². The second-order valence-electron chi connectivity index (χ2n) is 9.63. The van der Waals surface area contributed by atoms with Crippen LogP contribution in [-0.2, 0) is 17.8 Å². The number of aromatic nitrogens is 4. The van der Waals surface area contributed by atoms with Crippen molar-refractivity contribution in [1.82, 2.24) is 19.1 Å². The Labute approximate surface area is 192 Å². The molecule has 3 heterocycles. The van der Waals surface area contributed by atoms with Crippen LogP contribution in [0.5, 0.6) is 0 Å². The van der Waals surface area contributed by atoms with Gasteiger partial charge in [0.05, 0.1) is 0 Å². The van der Waals surface area contributed by atoms with Crippen LogP contribution in [0, 0.1) is 5.92 Å². The number of hydrogen-bond donors (Lipinski definition) is 1. The molecule has 1 aliphatic heterocycles. The maximum Gasteiger partial charge on any atom is 0.332 e. The molecule has 2 aromatic rings. The standard InChI is InChI=1S/C23H32ClN5O3/c1-2-3-7-12-28-18-17(25-21(24)26-18)20(30)29(22(28)31)13-8-6-11-23-14-16(23)32-19(27-23)15-9-4-5-10-15/h15-16H,2-14H2,1H3,(H,25,26). The van der Waals surface area contributed by atoms with Crippen molar-refractivity contribution < 1.29 is 4.74 Å². The predicted octanol–water partition coefficient (Wildman–Crippen LogP) is 4.03. The molecule has 2 unspecified atom stereocenters. The lowest BCUT2D eigenvalue weighted by Crippen LogP contribution is -2.40. The molecule has 0 aromatic carbocycles. The molecule has 32 heavy (non-hydrogen) atoms. The molecule has 174 valence electrons. The van der Waals surface area contributed by atoms with E-state index in [0.717, 1.165) is 50.8 Å². The van der Waals surface area contributed by atoms with Gasteiger partial charge >= 0.3 is 5.69 Å². The second-order valence-corrected chi connectivity index (χ2v) is 9.99. The molecule has 3 aliphatic rings. The Balaban J connectivity index is 1.27. The lowest BCUT2D eigenvalue weighted by atomic mass is 10.1. The Morgan fingerprint density at radius 3 is 2.66 bits per heavy atom. The molecule has 0 amide bonds. The summed E-state index contributed by atoms with van der Waals surface area (Å²) >= 11 is 6.02. The van der Waals surface area contributed by atoms with Crippen LogP contribution in [0.1, 0.15) is 77.6 Å². The van der Waals surface area contributed by atoms with Gasteiger partial charge in [-0.1, -0.05) is 32.6 Å². The third-order valence-electron chi connectivity index (χ3n) is 7.34. The number of fused-ring (bicyclic) bond motifs is 2. The van der Waals surface area contributed by atoms with E-state index < -0.39 is 0 Å². The summed E-state index contributed by atoms with van der Waals surface area (Å²) in [5, 5.41) is 0.134. The molecular weight excluding hydrogens is 430 g/mol. The van der Waals surface area contributed by atoms with Gasteiger partial charge in [0.2, 0.25) is 5.28 Å². The van der Waals surface area contributed by atoms with Crippen LogP contribution in [0.2, 0.25) is 5.28 Å². The molecule has 1 N–H and O–H groups in total. The Hall–Kier alpha value is -2.09. The van der Waals surface area contributed by atoms with E-state index in [-0.39, 0.29) is 28.2 Å². The van der Waals surface area contributed by atoms with E-state index in [9.17, 15) is 9.59 Å². The zero-order valence-corrected chi connectivity index (χ0v) is 19.5. The number of ether oxygens (including phenoxy) is 1. The largest absolute Gasteiger partial charge is 0.475 e. The summed E-state index contributed by atoms with van der Waals surface area (Å²) in [6, 6.07) is 0. The third-order valence-corrected chi connectivity index (χ3v) is 7.52. The van der Waals surface area contributed by atoms with Gasteiger partial charge in [-0.25, -0.2) is 9.79 Å². The lowest BCUT2D eigenvalue weighted by Gasteiger charge is -2.12. The summed E-state index contributed by atoms with van der Waals surface area (Å²) in [4.78, 5) is 38.0. The number of rotatable bonds is 10. The summed E-state index contributed by atoms with van der Waals surface area (Å²) < 4.78 is 9.03. The SMILES string of the molecule is CCCCCn1c(=O)n(CCCCC23CC2OC(C2CCCC2)=N3)c(=O)c2[nH]c(Cl)nc21. The molecule has 0 saturated heterocycles. The van der Waals surface area contributed by atoms with Gasteiger partial charge in [-0.05, 0) is 50.1 Å². The maximum absolute atomic E-state index is 13.1. The highest BCUT2D eigenvalue weighted by atomic mass is 35.5. The van der Waals surface area contributed by atoms with Gasteiger partial charge in [-0.2, -0.15) is 4.98 Å². The van der Waals surface area contributed by atoms with E-state index in [4.69, 9.17) is 21.3 Å². The number of aliphatic imine (C=N–C) groups is 1. The monoisotopic (exact) mass is 461 g/mol. The number of imidazole rings is 1. The van der Waals surface area contributed by atoms with Crippen LogP contribution in [0.25, 0.3) is 11.2 Å². The molecule has 0 radical (unpaired) electrons. The summed E-state index contributed by atoms with van der Waals surface area (Å²) in [7, 11) is 0. The first-order chi connectivity index (χ1) is 15.5. The first kappa shape index (κ1) is 21.7. The van der Waals surface area contributed by atoms with Gasteiger partial charge in [0.15, 0.2) is 17.1 Å². The Bertz CT molecular complexity index is 1140. The van der Waals surface area contributed by atoms with Gasteiger partial charge in [0.1, 0.15) is 11.6 Å². The second kappa shape index (κ2) is 8.69. The number of aryl methyl sites for hydroxylation is 1. The minimum Gasteiger partial charge on any atom is -0.475 e. The summed E-state index contributed by atoms with van der Waals surface area (Å²) in [5.74, 6) is 1.52. The molecule has 0 spiro atoms. The predicted molar refractivity (Wildman–Crippen MR) is 125 cm³/mol. The molecular formula is C23H32ClN5O3. The van der Waals surface area contributed by atoms with Crippen molar-refractivity contribution in [2.75, 3.05) is 0 Å². The van der Waals surface area contributed by atoms with Crippen LogP contribution in [-0.4, -0.2) is 36.6 Å². The molecule has 0 bridgehead atoms. The van der Waals surface area contributed by atoms with Crippen molar-refractivity contribution in [2.24, 2.45) is 10.9 Å². The van der Waals surface area contributed by atoms with Crippen LogP contribution >= 0.6 is 11.6 Å². The first-order valence-corrected chi connectivity index (χ1v) is 12.6. The zero-order chi connectivity index (χ0) is 22.3. The van der Waals surface area contributed by atoms with Crippen molar-refractivity contribution in [1.29, 1.82) is 0 Å². The zero-order valence-electron chi connectivity index (χ0n) is 18.7. The van der Waals surface area contributed by atoms with Crippen molar-refractivity contribution >= 4 is 28.7 Å². The van der Waals surface area contributed by atoms with E-state index in [2.05, 4.69) is 16.9 Å². The molecule has 5 rings (SSSR count). The number of nitrogens with one attached hydrogen (secondary N) is 1. The topological polar surface area (TPSA) is 94.3 Å². The van der Waals surface area contributed by atoms with Crippen LogP contribution in [0.4, 0.5) is 0 Å². The fraction of sp³-hybridized carbons (Fsp3) is 0.739. The van der Waals surface area contributed by atoms with E-state index in [0.29, 0.717) is 30.2 Å². The van der Waals surface area contributed by atoms with E-state index in [1.54, 1.807) is 4.57 Å². The van der Waals surface area contributed by atoms with Gasteiger partial charge in [0, 0.05) is 25.4 Å². The molecule has 2 aromatic heterocycles. The Morgan fingerprint density at radius 1 is 1.12 bits per heavy atom. The number of hydrogen-bond acceptors (Lipinski definition) is 5. The highest BCUT2D eigenvalue weighted by Crippen LogP contribution is 2.52. The van der Waals surface area contributed by atoms with Crippen molar-refractivity contribution in [3.8, 4) is 0 Å². The van der Waals surface area contributed by atoms with Crippen molar-refractivity contribution in [2.45, 2.75) is 102 Å². The highest BCUT2D eigenvalue weighted by molar-refractivity contribution is 6.28. The number of halogens is 1. The van der Waals surface area contributed by atoms with Gasteiger partial charge in [-0.3, -0.25) is 13.9 Å². The van der Waals surface area contributed by atoms with E-state index >= 15 is 0 Å². The minimum atomic E-state index is -0.343. The fourth-order valence-electron chi connectivity index (χ4n) is 5.36. The number of H-pyrrole nitrogens is 1. The first-order valence-electron chi connectivity index (χ1n) is 12.2. The van der Waals surface area contributed by atoms with Gasteiger partial charge < -0.3 is 9.72 Å². The van der Waals surface area contributed by atoms with Crippen LogP contribution in [0.15, 0.2) is 14.6 Å². The summed E-state index contributed by atoms with van der Waals surface area (Å²) in [6.07, 6.45) is 11.8. The van der Waals surface area contributed by atoms with Crippen molar-refractivity contribution in [3.63, 3.8) is 0 Å². The minimum absolute atomic E-state index is 0.0376. The summed E-state index contributed by atoms with van der Waals surface area (Å²) in [6.45, 7) is 3.04. The third kappa shape index (κ3) is 3.91. The van der Waals surface area contributed by atoms with Crippen molar-refractivity contribution in [3.05, 3.63) is 26.1 Å². The molecule has 2 fully saturated rings. The number of unbranched alkanes of at least 4 members (excludes halogenated alkanes) is 3. The normalized spacial score (nSPS) is 24.7. The maximum atomic E-state index is 13.1. The summed E-state index contributed by atoms with van der Waals surface area (Å²) in [5.41, 5.74) is -0.0143. The highest BCUT2D eigenvalue weighted by Gasteiger charge is 2.61. The molecule has 9 heteroatoms. The smallest absolute Gasteiger partial charge is 0.332 e. The van der Waals surface area contributed by atoms with Crippen LogP contribution in [0.3, 0.4) is 0 Å². The average Bonchev–Trinajstić information content (AvgIpc) is 3.23. The lowest BCUT2D eigenvalue weighted by molar-refractivity contribution is 0.268. The Morgan fingerprint density at radius 2 is 1.88 bits per heavy atom. The fourth-order valence-corrected chi connectivity index (χ4v) is 5.53. The average molecular weight is 462 g/mol. The quantitative estimate of drug-likeness (QED) is 0.427. The Kier molecular flexibility index (Phi) is 5.90. The van der Waals surface area contributed by atoms with E-state index in [1.807, 2.05) is 0 Å². The molecule has 2 aliphatic carbocycles.